The molecular formula is C29H34N2O4S. The summed E-state index contributed by atoms with van der Waals surface area (Å²) in [5, 5.41) is 2.03. The van der Waals surface area contributed by atoms with Crippen LogP contribution in [0, 0.1) is 6.92 Å². The van der Waals surface area contributed by atoms with E-state index < -0.39 is 0 Å². The number of hydrogen-bond donors (Lipinski definition) is 0. The van der Waals surface area contributed by atoms with E-state index in [1.54, 1.807) is 11.3 Å². The Hall–Kier alpha value is -3.32. The highest BCUT2D eigenvalue weighted by molar-refractivity contribution is 7.15. The fraction of sp³-hybridized carbons (Fsp3) is 0.379. The van der Waals surface area contributed by atoms with Gasteiger partial charge in [-0.1, -0.05) is 13.3 Å². The van der Waals surface area contributed by atoms with E-state index in [0.717, 1.165) is 69.3 Å². The molecule has 0 saturated heterocycles. The molecule has 4 rings (SSSR count). The molecule has 0 aliphatic heterocycles. The second kappa shape index (κ2) is 12.1. The highest BCUT2D eigenvalue weighted by atomic mass is 32.1. The molecule has 6 nitrogen and oxygen atoms in total. The van der Waals surface area contributed by atoms with Gasteiger partial charge in [0.2, 0.25) is 5.88 Å². The second-order valence-corrected chi connectivity index (χ2v) is 9.96. The third-order valence-corrected chi connectivity index (χ3v) is 7.01. The first-order chi connectivity index (χ1) is 17.5. The maximum absolute atomic E-state index is 11.1. The van der Waals surface area contributed by atoms with Gasteiger partial charge in [-0.15, -0.1) is 11.3 Å². The number of thiazole rings is 1. The number of aryl methyl sites for hydroxylation is 2. The van der Waals surface area contributed by atoms with Crippen LogP contribution in [0.2, 0.25) is 0 Å². The third kappa shape index (κ3) is 5.90. The molecule has 2 aromatic carbocycles. The Morgan fingerprint density at radius 1 is 1.06 bits per heavy atom. The van der Waals surface area contributed by atoms with E-state index in [0.29, 0.717) is 19.8 Å². The summed E-state index contributed by atoms with van der Waals surface area (Å²) < 4.78 is 19.7. The van der Waals surface area contributed by atoms with Crippen LogP contribution in [0.25, 0.3) is 21.5 Å². The van der Waals surface area contributed by atoms with E-state index >= 15 is 0 Å². The molecule has 0 aliphatic rings. The molecule has 36 heavy (non-hydrogen) atoms. The van der Waals surface area contributed by atoms with Crippen molar-refractivity contribution in [3.8, 4) is 28.0 Å². The molecule has 0 bridgehead atoms. The van der Waals surface area contributed by atoms with Crippen LogP contribution in [0.15, 0.2) is 48.7 Å². The standard InChI is InChI=1S/C29H34N2O4S/c1-5-8-23-17-24(29-30-28(33-6-2)21(4)36-29)9-12-27(23)35-16-7-15-34-25-10-11-26-22(18-25)13-14-31(26)20(3)19-32/h9-14,17-20H,5-8,15-16H2,1-4H3/t20-/m0/s1. The number of nitrogens with zero attached hydrogens (tertiary/aromatic N) is 2. The predicted octanol–water partition coefficient (Wildman–Crippen LogP) is 7.03. The molecule has 2 heterocycles. The van der Waals surface area contributed by atoms with Crippen molar-refractivity contribution in [2.24, 2.45) is 0 Å². The van der Waals surface area contributed by atoms with Crippen LogP contribution in [-0.2, 0) is 11.2 Å². The van der Waals surface area contributed by atoms with E-state index in [9.17, 15) is 4.79 Å². The molecule has 0 radical (unpaired) electrons. The zero-order valence-corrected chi connectivity index (χ0v) is 22.3. The van der Waals surface area contributed by atoms with Crippen molar-refractivity contribution < 1.29 is 19.0 Å². The van der Waals surface area contributed by atoms with E-state index in [1.807, 2.05) is 55.8 Å². The molecule has 0 aliphatic carbocycles. The van der Waals surface area contributed by atoms with Gasteiger partial charge in [-0.25, -0.2) is 4.98 Å². The van der Waals surface area contributed by atoms with Gasteiger partial charge >= 0.3 is 0 Å². The van der Waals surface area contributed by atoms with Gasteiger partial charge < -0.3 is 23.6 Å². The molecule has 7 heteroatoms. The topological polar surface area (TPSA) is 62.6 Å². The molecule has 0 N–H and O–H groups in total. The quantitative estimate of drug-likeness (QED) is 0.144. The first-order valence-electron chi connectivity index (χ1n) is 12.6. The van der Waals surface area contributed by atoms with Crippen LogP contribution >= 0.6 is 11.3 Å². The Morgan fingerprint density at radius 3 is 2.67 bits per heavy atom. The SMILES string of the molecule is CCCc1cc(-c2nc(OCC)c(C)s2)ccc1OCCCOc1ccc2c(ccn2[C@@H](C)C=O)c1. The van der Waals surface area contributed by atoms with E-state index in [2.05, 4.69) is 30.1 Å². The van der Waals surface area contributed by atoms with Gasteiger partial charge in [0.1, 0.15) is 22.8 Å². The molecule has 0 saturated carbocycles. The number of aldehydes is 1. The Balaban J connectivity index is 1.33. The van der Waals surface area contributed by atoms with Crippen molar-refractivity contribution in [1.82, 2.24) is 9.55 Å². The van der Waals surface area contributed by atoms with Crippen molar-refractivity contribution in [1.29, 1.82) is 0 Å². The maximum Gasteiger partial charge on any atom is 0.227 e. The third-order valence-electron chi connectivity index (χ3n) is 6.00. The van der Waals surface area contributed by atoms with Gasteiger partial charge in [0.05, 0.1) is 30.7 Å². The minimum absolute atomic E-state index is 0.184. The lowest BCUT2D eigenvalue weighted by molar-refractivity contribution is -0.110. The summed E-state index contributed by atoms with van der Waals surface area (Å²) in [7, 11) is 0. The van der Waals surface area contributed by atoms with Crippen LogP contribution in [0.4, 0.5) is 0 Å². The number of benzene rings is 2. The Kier molecular flexibility index (Phi) is 8.65. The average Bonchev–Trinajstić information content (AvgIpc) is 3.47. The fourth-order valence-corrected chi connectivity index (χ4v) is 5.03. The molecule has 0 unspecified atom stereocenters. The van der Waals surface area contributed by atoms with E-state index in [4.69, 9.17) is 14.2 Å². The van der Waals surface area contributed by atoms with Crippen LogP contribution in [0.1, 0.15) is 50.1 Å². The summed E-state index contributed by atoms with van der Waals surface area (Å²) in [6.45, 7) is 9.84. The van der Waals surface area contributed by atoms with Gasteiger partial charge in [-0.05, 0) is 75.2 Å². The normalized spacial score (nSPS) is 12.0. The Labute approximate surface area is 216 Å². The lowest BCUT2D eigenvalue weighted by atomic mass is 10.1. The highest BCUT2D eigenvalue weighted by Gasteiger charge is 2.13. The Morgan fingerprint density at radius 2 is 1.89 bits per heavy atom. The summed E-state index contributed by atoms with van der Waals surface area (Å²) in [6, 6.07) is 14.1. The molecule has 190 valence electrons. The number of carbonyl (C=O) groups excluding carboxylic acids is 1. The number of ether oxygens (including phenoxy) is 3. The summed E-state index contributed by atoms with van der Waals surface area (Å²) in [5.74, 6) is 2.47. The number of aromatic nitrogens is 2. The molecule has 0 fully saturated rings. The summed E-state index contributed by atoms with van der Waals surface area (Å²) >= 11 is 1.66. The van der Waals surface area contributed by atoms with Gasteiger partial charge in [-0.2, -0.15) is 0 Å². The van der Waals surface area contributed by atoms with Crippen molar-refractivity contribution in [3.05, 3.63) is 59.1 Å². The fourth-order valence-electron chi connectivity index (χ4n) is 4.18. The summed E-state index contributed by atoms with van der Waals surface area (Å²) in [5.41, 5.74) is 3.32. The van der Waals surface area contributed by atoms with Crippen LogP contribution < -0.4 is 14.2 Å². The molecule has 1 atom stereocenters. The summed E-state index contributed by atoms with van der Waals surface area (Å²) in [4.78, 5) is 16.9. The minimum Gasteiger partial charge on any atom is -0.493 e. The van der Waals surface area contributed by atoms with Crippen LogP contribution in [-0.4, -0.2) is 35.7 Å². The van der Waals surface area contributed by atoms with Crippen molar-refractivity contribution >= 4 is 28.5 Å². The van der Waals surface area contributed by atoms with E-state index in [1.165, 1.54) is 5.56 Å². The first kappa shape index (κ1) is 25.8. The zero-order valence-electron chi connectivity index (χ0n) is 21.5. The van der Waals surface area contributed by atoms with Gasteiger partial charge in [-0.3, -0.25) is 0 Å². The highest BCUT2D eigenvalue weighted by Crippen LogP contribution is 2.34. The number of carbonyl (C=O) groups is 1. The van der Waals surface area contributed by atoms with Crippen LogP contribution in [0.5, 0.6) is 17.4 Å². The number of fused-ring (bicyclic) bond motifs is 1. The predicted molar refractivity (Wildman–Crippen MR) is 146 cm³/mol. The number of rotatable bonds is 13. The van der Waals surface area contributed by atoms with Crippen LogP contribution in [0.3, 0.4) is 0 Å². The Bertz CT molecular complexity index is 1310. The lowest BCUT2D eigenvalue weighted by Gasteiger charge is -2.13. The van der Waals surface area contributed by atoms with Gasteiger partial charge in [0.15, 0.2) is 0 Å². The first-order valence-corrected chi connectivity index (χ1v) is 13.4. The van der Waals surface area contributed by atoms with Crippen molar-refractivity contribution in [2.75, 3.05) is 19.8 Å². The zero-order chi connectivity index (χ0) is 25.5. The summed E-state index contributed by atoms with van der Waals surface area (Å²) in [6.07, 6.45) is 5.65. The smallest absolute Gasteiger partial charge is 0.227 e. The molecule has 0 spiro atoms. The number of hydrogen-bond acceptors (Lipinski definition) is 6. The second-order valence-electron chi connectivity index (χ2n) is 8.76. The van der Waals surface area contributed by atoms with E-state index in [-0.39, 0.29) is 6.04 Å². The minimum atomic E-state index is -0.184. The maximum atomic E-state index is 11.1. The largest absolute Gasteiger partial charge is 0.493 e. The molecule has 4 aromatic rings. The monoisotopic (exact) mass is 506 g/mol. The van der Waals surface area contributed by atoms with Gasteiger partial charge in [0.25, 0.3) is 0 Å². The van der Waals surface area contributed by atoms with Crippen molar-refractivity contribution in [3.63, 3.8) is 0 Å². The lowest BCUT2D eigenvalue weighted by Crippen LogP contribution is -2.06. The average molecular weight is 507 g/mol. The molecule has 0 amide bonds. The van der Waals surface area contributed by atoms with Gasteiger partial charge in [0, 0.05) is 29.1 Å². The van der Waals surface area contributed by atoms with Crippen molar-refractivity contribution in [2.45, 2.75) is 53.0 Å². The molecular weight excluding hydrogens is 472 g/mol. The molecule has 2 aromatic heterocycles.